The van der Waals surface area contributed by atoms with E-state index >= 15 is 0 Å². The molecule has 4 rings (SSSR count). The van der Waals surface area contributed by atoms with Gasteiger partial charge in [-0.15, -0.1) is 0 Å². The van der Waals surface area contributed by atoms with Gasteiger partial charge in [-0.25, -0.2) is 0 Å². The van der Waals surface area contributed by atoms with Gasteiger partial charge in [0.05, 0.1) is 0 Å². The minimum atomic E-state index is 0.606. The van der Waals surface area contributed by atoms with E-state index in [-0.39, 0.29) is 0 Å². The van der Waals surface area contributed by atoms with Gasteiger partial charge in [0, 0.05) is 12.6 Å². The predicted molar refractivity (Wildman–Crippen MR) is 110 cm³/mol. The van der Waals surface area contributed by atoms with Crippen molar-refractivity contribution in [2.75, 3.05) is 26.7 Å². The summed E-state index contributed by atoms with van der Waals surface area (Å²) in [5.74, 6) is 0. The van der Waals surface area contributed by atoms with Crippen molar-refractivity contribution in [1.29, 1.82) is 0 Å². The SMILES string of the molecule is Cc1cc(C2CCCN2C)ccc1-c1ccc(CN2CCCCC2)cc1. The lowest BCUT2D eigenvalue weighted by Gasteiger charge is -2.26. The molecular weight excluding hydrogens is 316 g/mol. The van der Waals surface area contributed by atoms with Crippen molar-refractivity contribution >= 4 is 0 Å². The van der Waals surface area contributed by atoms with Crippen molar-refractivity contribution in [3.63, 3.8) is 0 Å². The van der Waals surface area contributed by atoms with Gasteiger partial charge in [-0.2, -0.15) is 0 Å². The molecule has 2 aliphatic heterocycles. The van der Waals surface area contributed by atoms with E-state index < -0.39 is 0 Å². The Morgan fingerprint density at radius 1 is 0.885 bits per heavy atom. The molecule has 0 amide bonds. The smallest absolute Gasteiger partial charge is 0.0345 e. The molecule has 0 bridgehead atoms. The number of likely N-dealkylation sites (tertiary alicyclic amines) is 2. The van der Waals surface area contributed by atoms with E-state index in [9.17, 15) is 0 Å². The highest BCUT2D eigenvalue weighted by molar-refractivity contribution is 5.68. The van der Waals surface area contributed by atoms with Crippen LogP contribution in [0.5, 0.6) is 0 Å². The van der Waals surface area contributed by atoms with Gasteiger partial charge in [-0.1, -0.05) is 48.9 Å². The van der Waals surface area contributed by atoms with Gasteiger partial charge < -0.3 is 0 Å². The molecule has 2 saturated heterocycles. The average molecular weight is 349 g/mol. The number of piperidine rings is 1. The van der Waals surface area contributed by atoms with E-state index in [1.54, 1.807) is 0 Å². The molecule has 2 heteroatoms. The van der Waals surface area contributed by atoms with Gasteiger partial charge in [0.1, 0.15) is 0 Å². The summed E-state index contributed by atoms with van der Waals surface area (Å²) >= 11 is 0. The molecule has 0 N–H and O–H groups in total. The Hall–Kier alpha value is -1.64. The van der Waals surface area contributed by atoms with Crippen LogP contribution in [-0.2, 0) is 6.54 Å². The molecule has 2 nitrogen and oxygen atoms in total. The molecule has 2 aromatic carbocycles. The van der Waals surface area contributed by atoms with Crippen LogP contribution in [0.15, 0.2) is 42.5 Å². The van der Waals surface area contributed by atoms with Crippen LogP contribution in [0.25, 0.3) is 11.1 Å². The predicted octanol–water partition coefficient (Wildman–Crippen LogP) is 5.41. The second kappa shape index (κ2) is 7.94. The number of rotatable bonds is 4. The number of nitrogens with zero attached hydrogens (tertiary/aromatic N) is 2. The first kappa shape index (κ1) is 17.8. The fraction of sp³-hybridized carbons (Fsp3) is 0.500. The van der Waals surface area contributed by atoms with Crippen molar-refractivity contribution < 1.29 is 0 Å². The Labute approximate surface area is 158 Å². The van der Waals surface area contributed by atoms with Gasteiger partial charge in [-0.05, 0) is 87.1 Å². The largest absolute Gasteiger partial charge is 0.299 e. The molecule has 0 aromatic heterocycles. The third-order valence-corrected chi connectivity index (χ3v) is 6.28. The number of hydrogen-bond donors (Lipinski definition) is 0. The van der Waals surface area contributed by atoms with Crippen molar-refractivity contribution in [3.05, 3.63) is 59.2 Å². The van der Waals surface area contributed by atoms with Crippen LogP contribution in [0, 0.1) is 6.92 Å². The highest BCUT2D eigenvalue weighted by Crippen LogP contribution is 2.33. The zero-order valence-corrected chi connectivity index (χ0v) is 16.4. The minimum absolute atomic E-state index is 0.606. The number of aryl methyl sites for hydroxylation is 1. The standard InChI is InChI=1S/C24H32N2/c1-19-17-22(24-7-6-14-25(24)2)12-13-23(19)21-10-8-20(9-11-21)18-26-15-4-3-5-16-26/h8-13,17,24H,3-7,14-16,18H2,1-2H3. The van der Waals surface area contributed by atoms with Crippen LogP contribution in [0.3, 0.4) is 0 Å². The highest BCUT2D eigenvalue weighted by Gasteiger charge is 2.22. The lowest BCUT2D eigenvalue weighted by Crippen LogP contribution is -2.28. The fourth-order valence-corrected chi connectivity index (χ4v) is 4.71. The molecule has 2 fully saturated rings. The molecule has 0 spiro atoms. The molecule has 1 unspecified atom stereocenters. The third-order valence-electron chi connectivity index (χ3n) is 6.28. The normalized spacial score (nSPS) is 22.0. The van der Waals surface area contributed by atoms with Crippen molar-refractivity contribution in [1.82, 2.24) is 9.80 Å². The topological polar surface area (TPSA) is 6.48 Å². The molecule has 2 aliphatic rings. The van der Waals surface area contributed by atoms with Crippen LogP contribution in [0.4, 0.5) is 0 Å². The summed E-state index contributed by atoms with van der Waals surface area (Å²) in [5.41, 5.74) is 7.03. The molecule has 0 saturated carbocycles. The molecular formula is C24H32N2. The average Bonchev–Trinajstić information content (AvgIpc) is 3.09. The summed E-state index contributed by atoms with van der Waals surface area (Å²) < 4.78 is 0. The summed E-state index contributed by atoms with van der Waals surface area (Å²) in [6.45, 7) is 7.11. The van der Waals surface area contributed by atoms with Crippen LogP contribution < -0.4 is 0 Å². The van der Waals surface area contributed by atoms with E-state index in [2.05, 4.69) is 66.2 Å². The van der Waals surface area contributed by atoms with E-state index in [1.165, 1.54) is 79.6 Å². The molecule has 0 radical (unpaired) electrons. The Kier molecular flexibility index (Phi) is 5.42. The zero-order chi connectivity index (χ0) is 17.9. The van der Waals surface area contributed by atoms with Crippen LogP contribution in [0.2, 0.25) is 0 Å². The maximum atomic E-state index is 2.59. The van der Waals surface area contributed by atoms with Crippen molar-refractivity contribution in [2.24, 2.45) is 0 Å². The van der Waals surface area contributed by atoms with Gasteiger partial charge in [0.2, 0.25) is 0 Å². The van der Waals surface area contributed by atoms with Gasteiger partial charge >= 0.3 is 0 Å². The summed E-state index contributed by atoms with van der Waals surface area (Å²) in [7, 11) is 2.25. The van der Waals surface area contributed by atoms with Gasteiger partial charge in [-0.3, -0.25) is 9.80 Å². The van der Waals surface area contributed by atoms with Gasteiger partial charge in [0.25, 0.3) is 0 Å². The molecule has 1 atom stereocenters. The lowest BCUT2D eigenvalue weighted by molar-refractivity contribution is 0.221. The number of hydrogen-bond acceptors (Lipinski definition) is 2. The molecule has 0 aliphatic carbocycles. The Balaban J connectivity index is 1.48. The maximum Gasteiger partial charge on any atom is 0.0345 e. The zero-order valence-electron chi connectivity index (χ0n) is 16.4. The first-order valence-corrected chi connectivity index (χ1v) is 10.3. The summed E-state index contributed by atoms with van der Waals surface area (Å²) in [6.07, 6.45) is 6.74. The molecule has 2 heterocycles. The summed E-state index contributed by atoms with van der Waals surface area (Å²) in [5, 5.41) is 0. The Bertz CT molecular complexity index is 728. The Morgan fingerprint density at radius 3 is 2.31 bits per heavy atom. The van der Waals surface area contributed by atoms with E-state index in [4.69, 9.17) is 0 Å². The van der Waals surface area contributed by atoms with E-state index in [0.29, 0.717) is 6.04 Å². The van der Waals surface area contributed by atoms with Crippen LogP contribution in [0.1, 0.15) is 54.8 Å². The minimum Gasteiger partial charge on any atom is -0.299 e. The summed E-state index contributed by atoms with van der Waals surface area (Å²) in [4.78, 5) is 5.08. The fourth-order valence-electron chi connectivity index (χ4n) is 4.71. The van der Waals surface area contributed by atoms with Gasteiger partial charge in [0.15, 0.2) is 0 Å². The maximum absolute atomic E-state index is 2.59. The molecule has 2 aromatic rings. The first-order valence-electron chi connectivity index (χ1n) is 10.3. The van der Waals surface area contributed by atoms with Crippen molar-refractivity contribution in [2.45, 2.75) is 51.6 Å². The van der Waals surface area contributed by atoms with E-state index in [1.807, 2.05) is 0 Å². The third kappa shape index (κ3) is 3.87. The summed E-state index contributed by atoms with van der Waals surface area (Å²) in [6, 6.07) is 16.9. The number of benzene rings is 2. The monoisotopic (exact) mass is 348 g/mol. The molecule has 138 valence electrons. The second-order valence-corrected chi connectivity index (χ2v) is 8.25. The highest BCUT2D eigenvalue weighted by atomic mass is 15.1. The Morgan fingerprint density at radius 2 is 1.65 bits per heavy atom. The lowest BCUT2D eigenvalue weighted by atomic mass is 9.94. The van der Waals surface area contributed by atoms with Crippen LogP contribution in [-0.4, -0.2) is 36.5 Å². The quantitative estimate of drug-likeness (QED) is 0.728. The second-order valence-electron chi connectivity index (χ2n) is 8.25. The van der Waals surface area contributed by atoms with Crippen LogP contribution >= 0.6 is 0 Å². The molecule has 26 heavy (non-hydrogen) atoms. The van der Waals surface area contributed by atoms with E-state index in [0.717, 1.165) is 6.54 Å². The first-order chi connectivity index (χ1) is 12.7. The van der Waals surface area contributed by atoms with Crippen molar-refractivity contribution in [3.8, 4) is 11.1 Å².